The fraction of sp³-hybridized carbons (Fsp3) is 0.150. The maximum Gasteiger partial charge on any atom is 0.339 e. The Morgan fingerprint density at radius 3 is 2.56 bits per heavy atom. The number of anilines is 3. The number of hydrogen-bond donors (Lipinski definition) is 2. The van der Waals surface area contributed by atoms with Gasteiger partial charge in [0.1, 0.15) is 17.5 Å². The molecule has 1 heterocycles. The van der Waals surface area contributed by atoms with Crippen LogP contribution in [0.1, 0.15) is 21.7 Å². The predicted octanol–water partition coefficient (Wildman–Crippen LogP) is 4.58. The SMILES string of the molecule is COC(=O)c1ccccc1Nc1cc(NCc2ccccc2Cl)nc(C)n1. The molecule has 3 aromatic rings. The summed E-state index contributed by atoms with van der Waals surface area (Å²) in [5, 5.41) is 7.11. The summed E-state index contributed by atoms with van der Waals surface area (Å²) in [6, 6.07) is 16.5. The highest BCUT2D eigenvalue weighted by Crippen LogP contribution is 2.23. The van der Waals surface area contributed by atoms with E-state index in [1.807, 2.05) is 30.3 Å². The summed E-state index contributed by atoms with van der Waals surface area (Å²) < 4.78 is 4.82. The molecule has 3 rings (SSSR count). The standard InChI is InChI=1S/C20H19ClN4O2/c1-13-23-18(22-12-14-7-3-5-9-16(14)21)11-19(24-13)25-17-10-6-4-8-15(17)20(26)27-2/h3-11H,12H2,1-2H3,(H2,22,23,24,25). The summed E-state index contributed by atoms with van der Waals surface area (Å²) >= 11 is 6.19. The number of esters is 1. The van der Waals surface area contributed by atoms with Crippen molar-refractivity contribution in [3.05, 3.63) is 76.6 Å². The molecule has 0 bridgehead atoms. The van der Waals surface area contributed by atoms with Crippen molar-refractivity contribution >= 4 is 34.9 Å². The lowest BCUT2D eigenvalue weighted by Gasteiger charge is -2.12. The molecule has 2 aromatic carbocycles. The number of aryl methyl sites for hydroxylation is 1. The molecule has 0 amide bonds. The molecule has 6 nitrogen and oxygen atoms in total. The molecule has 0 radical (unpaired) electrons. The van der Waals surface area contributed by atoms with Crippen molar-refractivity contribution in [1.29, 1.82) is 0 Å². The number of methoxy groups -OCH3 is 1. The number of halogens is 1. The van der Waals surface area contributed by atoms with Gasteiger partial charge in [0.2, 0.25) is 0 Å². The summed E-state index contributed by atoms with van der Waals surface area (Å²) in [4.78, 5) is 20.7. The van der Waals surface area contributed by atoms with Crippen LogP contribution < -0.4 is 10.6 Å². The van der Waals surface area contributed by atoms with Gasteiger partial charge >= 0.3 is 5.97 Å². The number of aromatic nitrogens is 2. The van der Waals surface area contributed by atoms with Crippen LogP contribution in [-0.2, 0) is 11.3 Å². The highest BCUT2D eigenvalue weighted by atomic mass is 35.5. The second-order valence-corrected chi connectivity index (χ2v) is 6.20. The van der Waals surface area contributed by atoms with E-state index in [1.165, 1.54) is 7.11 Å². The zero-order valence-electron chi connectivity index (χ0n) is 15.0. The van der Waals surface area contributed by atoms with Gasteiger partial charge in [-0.05, 0) is 30.7 Å². The Kier molecular flexibility index (Phi) is 5.88. The van der Waals surface area contributed by atoms with Gasteiger partial charge in [-0.2, -0.15) is 0 Å². The van der Waals surface area contributed by atoms with Gasteiger partial charge in [0.25, 0.3) is 0 Å². The minimum absolute atomic E-state index is 0.416. The van der Waals surface area contributed by atoms with Crippen molar-refractivity contribution in [3.63, 3.8) is 0 Å². The third kappa shape index (κ3) is 4.74. The molecule has 0 saturated heterocycles. The lowest BCUT2D eigenvalue weighted by Crippen LogP contribution is -2.08. The molecule has 138 valence electrons. The second-order valence-electron chi connectivity index (χ2n) is 5.79. The summed E-state index contributed by atoms with van der Waals surface area (Å²) in [5.41, 5.74) is 2.02. The summed E-state index contributed by atoms with van der Waals surface area (Å²) in [6.07, 6.45) is 0. The van der Waals surface area contributed by atoms with Gasteiger partial charge in [-0.25, -0.2) is 14.8 Å². The van der Waals surface area contributed by atoms with Crippen LogP contribution in [0.15, 0.2) is 54.6 Å². The van der Waals surface area contributed by atoms with Crippen molar-refractivity contribution < 1.29 is 9.53 Å². The zero-order valence-corrected chi connectivity index (χ0v) is 15.7. The van der Waals surface area contributed by atoms with Crippen LogP contribution in [0.5, 0.6) is 0 Å². The topological polar surface area (TPSA) is 76.1 Å². The van der Waals surface area contributed by atoms with Gasteiger partial charge < -0.3 is 15.4 Å². The van der Waals surface area contributed by atoms with E-state index >= 15 is 0 Å². The largest absolute Gasteiger partial charge is 0.465 e. The molecule has 0 unspecified atom stereocenters. The Labute approximate surface area is 162 Å². The normalized spacial score (nSPS) is 10.3. The Bertz CT molecular complexity index is 962. The Balaban J connectivity index is 1.80. The van der Waals surface area contributed by atoms with E-state index in [0.717, 1.165) is 5.56 Å². The minimum Gasteiger partial charge on any atom is -0.465 e. The van der Waals surface area contributed by atoms with E-state index in [-0.39, 0.29) is 0 Å². The van der Waals surface area contributed by atoms with Crippen LogP contribution >= 0.6 is 11.6 Å². The van der Waals surface area contributed by atoms with Gasteiger partial charge in [-0.1, -0.05) is 41.9 Å². The van der Waals surface area contributed by atoms with Crippen molar-refractivity contribution in [2.24, 2.45) is 0 Å². The first-order valence-electron chi connectivity index (χ1n) is 8.34. The zero-order chi connectivity index (χ0) is 19.2. The number of para-hydroxylation sites is 1. The molecule has 0 aliphatic carbocycles. The molecular formula is C20H19ClN4O2. The average Bonchev–Trinajstić information content (AvgIpc) is 2.67. The minimum atomic E-state index is -0.416. The number of benzene rings is 2. The summed E-state index contributed by atoms with van der Waals surface area (Å²) in [6.45, 7) is 2.34. The van der Waals surface area contributed by atoms with E-state index in [1.54, 1.807) is 31.2 Å². The number of nitrogens with one attached hydrogen (secondary N) is 2. The molecule has 0 saturated carbocycles. The monoisotopic (exact) mass is 382 g/mol. The fourth-order valence-electron chi connectivity index (χ4n) is 2.57. The Morgan fingerprint density at radius 2 is 1.78 bits per heavy atom. The van der Waals surface area contributed by atoms with Gasteiger partial charge in [-0.3, -0.25) is 0 Å². The average molecular weight is 383 g/mol. The maximum absolute atomic E-state index is 11.9. The third-order valence-corrected chi connectivity index (χ3v) is 4.22. The van der Waals surface area contributed by atoms with Crippen LogP contribution in [0, 0.1) is 6.92 Å². The number of hydrogen-bond acceptors (Lipinski definition) is 6. The number of ether oxygens (including phenoxy) is 1. The van der Waals surface area contributed by atoms with E-state index in [4.69, 9.17) is 16.3 Å². The molecule has 2 N–H and O–H groups in total. The highest BCUT2D eigenvalue weighted by Gasteiger charge is 2.12. The van der Waals surface area contributed by atoms with E-state index < -0.39 is 5.97 Å². The quantitative estimate of drug-likeness (QED) is 0.608. The lowest BCUT2D eigenvalue weighted by molar-refractivity contribution is 0.0602. The fourth-order valence-corrected chi connectivity index (χ4v) is 2.77. The molecule has 0 aliphatic rings. The van der Waals surface area contributed by atoms with Gasteiger partial charge in [0, 0.05) is 17.6 Å². The van der Waals surface area contributed by atoms with E-state index in [0.29, 0.717) is 40.3 Å². The van der Waals surface area contributed by atoms with Crippen LogP contribution in [-0.4, -0.2) is 23.0 Å². The highest BCUT2D eigenvalue weighted by molar-refractivity contribution is 6.31. The van der Waals surface area contributed by atoms with Gasteiger partial charge in [0.05, 0.1) is 18.4 Å². The number of carbonyl (C=O) groups is 1. The van der Waals surface area contributed by atoms with Gasteiger partial charge in [0.15, 0.2) is 0 Å². The maximum atomic E-state index is 11.9. The number of rotatable bonds is 6. The van der Waals surface area contributed by atoms with Crippen LogP contribution in [0.4, 0.5) is 17.3 Å². The molecule has 0 aliphatic heterocycles. The smallest absolute Gasteiger partial charge is 0.339 e. The van der Waals surface area contributed by atoms with Crippen LogP contribution in [0.25, 0.3) is 0 Å². The summed E-state index contributed by atoms with van der Waals surface area (Å²) in [5.74, 6) is 1.40. The summed E-state index contributed by atoms with van der Waals surface area (Å²) in [7, 11) is 1.35. The number of nitrogens with zero attached hydrogens (tertiary/aromatic N) is 2. The van der Waals surface area contributed by atoms with E-state index in [2.05, 4.69) is 20.6 Å². The van der Waals surface area contributed by atoms with Gasteiger partial charge in [-0.15, -0.1) is 0 Å². The third-order valence-electron chi connectivity index (χ3n) is 3.85. The Hall–Kier alpha value is -3.12. The van der Waals surface area contributed by atoms with Crippen molar-refractivity contribution in [3.8, 4) is 0 Å². The van der Waals surface area contributed by atoms with Crippen LogP contribution in [0.2, 0.25) is 5.02 Å². The Morgan fingerprint density at radius 1 is 1.07 bits per heavy atom. The first-order chi connectivity index (χ1) is 13.1. The van der Waals surface area contributed by atoms with Crippen molar-refractivity contribution in [1.82, 2.24) is 9.97 Å². The molecule has 0 spiro atoms. The van der Waals surface area contributed by atoms with Crippen molar-refractivity contribution in [2.45, 2.75) is 13.5 Å². The molecule has 27 heavy (non-hydrogen) atoms. The first-order valence-corrected chi connectivity index (χ1v) is 8.72. The first kappa shape index (κ1) is 18.7. The number of carbonyl (C=O) groups excluding carboxylic acids is 1. The molecule has 7 heteroatoms. The predicted molar refractivity (Wildman–Crippen MR) is 107 cm³/mol. The second kappa shape index (κ2) is 8.51. The van der Waals surface area contributed by atoms with E-state index in [9.17, 15) is 4.79 Å². The lowest BCUT2D eigenvalue weighted by atomic mass is 10.2. The molecule has 0 atom stereocenters. The molecule has 1 aromatic heterocycles. The van der Waals surface area contributed by atoms with Crippen LogP contribution in [0.3, 0.4) is 0 Å². The van der Waals surface area contributed by atoms with Crippen molar-refractivity contribution in [2.75, 3.05) is 17.7 Å². The molecular weight excluding hydrogens is 364 g/mol. The molecule has 0 fully saturated rings.